The van der Waals surface area contributed by atoms with E-state index in [2.05, 4.69) is 37.3 Å². The van der Waals surface area contributed by atoms with Crippen molar-refractivity contribution >= 4 is 0 Å². The topological polar surface area (TPSA) is 39.1 Å². The molecule has 0 radical (unpaired) electrons. The molecule has 0 aliphatic rings. The van der Waals surface area contributed by atoms with Gasteiger partial charge in [-0.3, -0.25) is 4.68 Å². The van der Waals surface area contributed by atoms with Crippen LogP contribution >= 0.6 is 0 Å². The molecule has 0 saturated heterocycles. The summed E-state index contributed by atoms with van der Waals surface area (Å²) in [5.41, 5.74) is 1.33. The lowest BCUT2D eigenvalue weighted by Crippen LogP contribution is -2.35. The van der Waals surface area contributed by atoms with Crippen molar-refractivity contribution < 1.29 is 4.74 Å². The van der Waals surface area contributed by atoms with Gasteiger partial charge in [0.05, 0.1) is 12.3 Å². The molecule has 0 saturated carbocycles. The van der Waals surface area contributed by atoms with Crippen molar-refractivity contribution in [1.29, 1.82) is 0 Å². The zero-order valence-corrected chi connectivity index (χ0v) is 13.2. The third kappa shape index (κ3) is 5.60. The maximum atomic E-state index is 5.70. The molecule has 0 fully saturated rings. The van der Waals surface area contributed by atoms with Gasteiger partial charge in [0.2, 0.25) is 0 Å². The molecule has 4 heteroatoms. The first-order chi connectivity index (χ1) is 10.0. The fraction of sp³-hybridized carbons (Fsp3) is 0.471. The van der Waals surface area contributed by atoms with Crippen LogP contribution < -0.4 is 10.1 Å². The Balaban J connectivity index is 1.75. The van der Waals surface area contributed by atoms with Gasteiger partial charge in [-0.2, -0.15) is 5.10 Å². The average Bonchev–Trinajstić information content (AvgIpc) is 2.89. The highest BCUT2D eigenvalue weighted by molar-refractivity contribution is 5.20. The number of para-hydroxylation sites is 1. The van der Waals surface area contributed by atoms with Gasteiger partial charge in [0.1, 0.15) is 5.75 Å². The maximum absolute atomic E-state index is 5.70. The second-order valence-electron chi connectivity index (χ2n) is 6.16. The van der Waals surface area contributed by atoms with E-state index in [-0.39, 0.29) is 5.54 Å². The Morgan fingerprint density at radius 1 is 1.14 bits per heavy atom. The van der Waals surface area contributed by atoms with E-state index in [0.29, 0.717) is 6.61 Å². The quantitative estimate of drug-likeness (QED) is 0.795. The Hall–Kier alpha value is -1.81. The van der Waals surface area contributed by atoms with Crippen LogP contribution in [0.1, 0.15) is 32.9 Å². The lowest BCUT2D eigenvalue weighted by molar-refractivity contribution is 0.296. The zero-order chi connectivity index (χ0) is 15.1. The molecule has 0 aliphatic carbocycles. The third-order valence-corrected chi connectivity index (χ3v) is 3.13. The monoisotopic (exact) mass is 287 g/mol. The first-order valence-electron chi connectivity index (χ1n) is 7.48. The Kier molecular flexibility index (Phi) is 5.39. The van der Waals surface area contributed by atoms with Crippen LogP contribution in [0.5, 0.6) is 5.75 Å². The molecule has 21 heavy (non-hydrogen) atoms. The van der Waals surface area contributed by atoms with Gasteiger partial charge in [-0.05, 0) is 39.0 Å². The van der Waals surface area contributed by atoms with E-state index >= 15 is 0 Å². The SMILES string of the molecule is CC(C)(C)NCc1ccnn1CCCOc1ccccc1. The lowest BCUT2D eigenvalue weighted by atomic mass is 10.1. The molecule has 114 valence electrons. The minimum atomic E-state index is 0.117. The Morgan fingerprint density at radius 3 is 2.62 bits per heavy atom. The fourth-order valence-corrected chi connectivity index (χ4v) is 1.99. The predicted octanol–water partition coefficient (Wildman–Crippen LogP) is 3.24. The molecular weight excluding hydrogens is 262 g/mol. The van der Waals surface area contributed by atoms with Crippen LogP contribution in [0.2, 0.25) is 0 Å². The molecule has 1 N–H and O–H groups in total. The largest absolute Gasteiger partial charge is 0.494 e. The summed E-state index contributed by atoms with van der Waals surface area (Å²) in [4.78, 5) is 0. The van der Waals surface area contributed by atoms with Crippen LogP contribution in [-0.4, -0.2) is 21.9 Å². The van der Waals surface area contributed by atoms with Crippen molar-refractivity contribution in [2.75, 3.05) is 6.61 Å². The molecule has 0 amide bonds. The highest BCUT2D eigenvalue weighted by Gasteiger charge is 2.10. The maximum Gasteiger partial charge on any atom is 0.119 e. The smallest absolute Gasteiger partial charge is 0.119 e. The van der Waals surface area contributed by atoms with Crippen molar-refractivity contribution in [3.63, 3.8) is 0 Å². The molecule has 1 aromatic carbocycles. The molecule has 0 spiro atoms. The number of aryl methyl sites for hydroxylation is 1. The van der Waals surface area contributed by atoms with Crippen molar-refractivity contribution in [3.8, 4) is 5.75 Å². The summed E-state index contributed by atoms with van der Waals surface area (Å²) in [5, 5.41) is 7.87. The van der Waals surface area contributed by atoms with Crippen molar-refractivity contribution in [2.24, 2.45) is 0 Å². The number of nitrogens with one attached hydrogen (secondary N) is 1. The first-order valence-corrected chi connectivity index (χ1v) is 7.48. The number of benzene rings is 1. The molecular formula is C17H25N3O. The van der Waals surface area contributed by atoms with Crippen LogP contribution in [0.15, 0.2) is 42.6 Å². The second-order valence-corrected chi connectivity index (χ2v) is 6.16. The molecule has 2 aromatic rings. The first kappa shape index (κ1) is 15.6. The molecule has 4 nitrogen and oxygen atoms in total. The molecule has 2 rings (SSSR count). The summed E-state index contributed by atoms with van der Waals surface area (Å²) in [5.74, 6) is 0.924. The summed E-state index contributed by atoms with van der Waals surface area (Å²) in [6, 6.07) is 12.0. The summed E-state index contributed by atoms with van der Waals surface area (Å²) in [6.07, 6.45) is 2.80. The molecule has 1 heterocycles. The minimum absolute atomic E-state index is 0.117. The predicted molar refractivity (Wildman–Crippen MR) is 85.4 cm³/mol. The number of ether oxygens (including phenoxy) is 1. The van der Waals surface area contributed by atoms with Crippen molar-refractivity contribution in [3.05, 3.63) is 48.3 Å². The summed E-state index contributed by atoms with van der Waals surface area (Å²) in [6.45, 7) is 8.92. The molecule has 0 bridgehead atoms. The highest BCUT2D eigenvalue weighted by atomic mass is 16.5. The van der Waals surface area contributed by atoms with Gasteiger partial charge in [-0.1, -0.05) is 18.2 Å². The number of rotatable bonds is 7. The normalized spacial score (nSPS) is 11.6. The van der Waals surface area contributed by atoms with E-state index < -0.39 is 0 Å². The zero-order valence-electron chi connectivity index (χ0n) is 13.2. The van der Waals surface area contributed by atoms with E-state index in [1.807, 2.05) is 41.2 Å². The van der Waals surface area contributed by atoms with Crippen LogP contribution in [0.25, 0.3) is 0 Å². The summed E-state index contributed by atoms with van der Waals surface area (Å²) in [7, 11) is 0. The Morgan fingerprint density at radius 2 is 1.90 bits per heavy atom. The molecule has 0 atom stereocenters. The number of hydrogen-bond acceptors (Lipinski definition) is 3. The van der Waals surface area contributed by atoms with E-state index in [1.165, 1.54) is 5.69 Å². The fourth-order valence-electron chi connectivity index (χ4n) is 1.99. The van der Waals surface area contributed by atoms with E-state index in [4.69, 9.17) is 4.74 Å². The lowest BCUT2D eigenvalue weighted by Gasteiger charge is -2.20. The standard InChI is InChI=1S/C17H25N3O/c1-17(2,3)18-14-15-10-11-19-20(15)12-7-13-21-16-8-5-4-6-9-16/h4-6,8-11,18H,7,12-14H2,1-3H3. The Bertz CT molecular complexity index is 528. The number of nitrogens with zero attached hydrogens (tertiary/aromatic N) is 2. The summed E-state index contributed by atoms with van der Waals surface area (Å²) < 4.78 is 7.75. The van der Waals surface area contributed by atoms with Gasteiger partial charge in [0, 0.05) is 31.2 Å². The van der Waals surface area contributed by atoms with Gasteiger partial charge in [0.25, 0.3) is 0 Å². The van der Waals surface area contributed by atoms with Gasteiger partial charge in [0.15, 0.2) is 0 Å². The van der Waals surface area contributed by atoms with Crippen LogP contribution in [0.4, 0.5) is 0 Å². The van der Waals surface area contributed by atoms with E-state index in [1.54, 1.807) is 0 Å². The third-order valence-electron chi connectivity index (χ3n) is 3.13. The minimum Gasteiger partial charge on any atom is -0.494 e. The van der Waals surface area contributed by atoms with Gasteiger partial charge in [-0.25, -0.2) is 0 Å². The van der Waals surface area contributed by atoms with Gasteiger partial charge in [-0.15, -0.1) is 0 Å². The van der Waals surface area contributed by atoms with Crippen molar-refractivity contribution in [2.45, 2.75) is 45.8 Å². The number of aromatic nitrogens is 2. The van der Waals surface area contributed by atoms with Crippen molar-refractivity contribution in [1.82, 2.24) is 15.1 Å². The van der Waals surface area contributed by atoms with Gasteiger partial charge < -0.3 is 10.1 Å². The molecule has 0 unspecified atom stereocenters. The van der Waals surface area contributed by atoms with Crippen LogP contribution in [0, 0.1) is 0 Å². The highest BCUT2D eigenvalue weighted by Crippen LogP contribution is 2.09. The summed E-state index contributed by atoms with van der Waals surface area (Å²) >= 11 is 0. The van der Waals surface area contributed by atoms with Crippen LogP contribution in [-0.2, 0) is 13.1 Å². The van der Waals surface area contributed by atoms with E-state index in [9.17, 15) is 0 Å². The number of hydrogen-bond donors (Lipinski definition) is 1. The second kappa shape index (κ2) is 7.27. The van der Waals surface area contributed by atoms with E-state index in [0.717, 1.165) is 25.3 Å². The molecule has 1 aromatic heterocycles. The average molecular weight is 287 g/mol. The Labute approximate surface area is 127 Å². The van der Waals surface area contributed by atoms with Gasteiger partial charge >= 0.3 is 0 Å². The van der Waals surface area contributed by atoms with Crippen LogP contribution in [0.3, 0.4) is 0 Å². The molecule has 0 aliphatic heterocycles.